The second-order valence-electron chi connectivity index (χ2n) is 7.44. The number of carbonyl (C=O) groups is 1. The molecule has 0 spiro atoms. The fraction of sp³-hybridized carbons (Fsp3) is 0.400. The molecular formula is C20H25N3O2. The lowest BCUT2D eigenvalue weighted by molar-refractivity contribution is -0.126. The lowest BCUT2D eigenvalue weighted by Gasteiger charge is -2.33. The van der Waals surface area contributed by atoms with E-state index in [1.165, 1.54) is 5.56 Å². The molecule has 0 saturated carbocycles. The van der Waals surface area contributed by atoms with Crippen LogP contribution in [0.4, 0.5) is 11.6 Å². The van der Waals surface area contributed by atoms with E-state index in [1.807, 2.05) is 6.92 Å². The van der Waals surface area contributed by atoms with Gasteiger partial charge in [0.1, 0.15) is 5.82 Å². The number of carbonyl (C=O) groups excluding carboxylic acids is 1. The molecule has 25 heavy (non-hydrogen) atoms. The van der Waals surface area contributed by atoms with Gasteiger partial charge in [0.25, 0.3) is 5.91 Å². The van der Waals surface area contributed by atoms with Crippen LogP contribution in [0.1, 0.15) is 45.2 Å². The predicted octanol–water partition coefficient (Wildman–Crippen LogP) is 3.67. The number of nitrogens with two attached hydrogens (primary N) is 1. The summed E-state index contributed by atoms with van der Waals surface area (Å²) in [4.78, 5) is 18.8. The van der Waals surface area contributed by atoms with Gasteiger partial charge in [-0.3, -0.25) is 9.69 Å². The molecule has 1 atom stereocenters. The first kappa shape index (κ1) is 17.3. The van der Waals surface area contributed by atoms with Gasteiger partial charge in [0.2, 0.25) is 0 Å². The summed E-state index contributed by atoms with van der Waals surface area (Å²) in [6.45, 7) is 8.94. The Labute approximate surface area is 148 Å². The molecule has 0 bridgehead atoms. The van der Waals surface area contributed by atoms with Crippen LogP contribution in [0.25, 0.3) is 0 Å². The zero-order chi connectivity index (χ0) is 18.2. The van der Waals surface area contributed by atoms with Crippen LogP contribution in [0.3, 0.4) is 0 Å². The lowest BCUT2D eigenvalue weighted by Crippen LogP contribution is -2.45. The van der Waals surface area contributed by atoms with E-state index in [0.717, 1.165) is 5.56 Å². The van der Waals surface area contributed by atoms with Gasteiger partial charge in [-0.1, -0.05) is 52.0 Å². The summed E-state index contributed by atoms with van der Waals surface area (Å²) in [7, 11) is 0. The van der Waals surface area contributed by atoms with Crippen LogP contribution in [-0.4, -0.2) is 17.0 Å². The van der Waals surface area contributed by atoms with Crippen LogP contribution in [0.5, 0.6) is 5.75 Å². The molecule has 0 aliphatic carbocycles. The Morgan fingerprint density at radius 3 is 2.44 bits per heavy atom. The van der Waals surface area contributed by atoms with Crippen molar-refractivity contribution in [2.75, 3.05) is 10.6 Å². The summed E-state index contributed by atoms with van der Waals surface area (Å²) in [5.41, 5.74) is 8.23. The number of aromatic nitrogens is 1. The minimum atomic E-state index is -0.480. The van der Waals surface area contributed by atoms with Crippen LogP contribution >= 0.6 is 0 Å². The predicted molar refractivity (Wildman–Crippen MR) is 99.7 cm³/mol. The van der Waals surface area contributed by atoms with Gasteiger partial charge in [-0.25, -0.2) is 4.98 Å². The Morgan fingerprint density at radius 2 is 1.84 bits per heavy atom. The lowest BCUT2D eigenvalue weighted by atomic mass is 9.87. The summed E-state index contributed by atoms with van der Waals surface area (Å²) in [5, 5.41) is 0. The van der Waals surface area contributed by atoms with Crippen LogP contribution in [0.2, 0.25) is 0 Å². The number of amides is 1. The molecule has 1 aromatic heterocycles. The number of pyridine rings is 1. The van der Waals surface area contributed by atoms with E-state index < -0.39 is 6.10 Å². The molecule has 2 aromatic rings. The van der Waals surface area contributed by atoms with E-state index in [0.29, 0.717) is 30.4 Å². The van der Waals surface area contributed by atoms with Crippen molar-refractivity contribution >= 4 is 17.5 Å². The number of fused-ring (bicyclic) bond motifs is 1. The SMILES string of the molecule is CCC1Oc2ccc(N)nc2N(Cc2ccc(C(C)(C)C)cc2)C1=O. The smallest absolute Gasteiger partial charge is 0.269 e. The quantitative estimate of drug-likeness (QED) is 0.926. The zero-order valence-corrected chi connectivity index (χ0v) is 15.2. The maximum absolute atomic E-state index is 12.8. The normalized spacial score (nSPS) is 17.2. The Bertz CT molecular complexity index is 779. The molecule has 3 rings (SSSR count). The number of anilines is 2. The molecule has 132 valence electrons. The molecule has 1 aromatic carbocycles. The maximum atomic E-state index is 12.8. The number of nitrogen functional groups attached to an aromatic ring is 1. The first-order chi connectivity index (χ1) is 11.8. The van der Waals surface area contributed by atoms with Crippen LogP contribution in [0.15, 0.2) is 36.4 Å². The number of hydrogen-bond acceptors (Lipinski definition) is 4. The Kier molecular flexibility index (Phi) is 4.41. The molecule has 2 N–H and O–H groups in total. The first-order valence-corrected chi connectivity index (χ1v) is 8.63. The van der Waals surface area contributed by atoms with Gasteiger partial charge in [-0.05, 0) is 35.1 Å². The van der Waals surface area contributed by atoms with Gasteiger partial charge < -0.3 is 10.5 Å². The Balaban J connectivity index is 1.92. The summed E-state index contributed by atoms with van der Waals surface area (Å²) in [6.07, 6.45) is 0.133. The minimum Gasteiger partial charge on any atom is -0.477 e. The first-order valence-electron chi connectivity index (χ1n) is 8.63. The average molecular weight is 339 g/mol. The standard InChI is InChI=1S/C20H25N3O2/c1-5-15-19(24)23(18-16(25-15)10-11-17(21)22-18)12-13-6-8-14(9-7-13)20(2,3)4/h6-11,15H,5,12H2,1-4H3,(H2,21,22). The average Bonchev–Trinajstić information content (AvgIpc) is 2.57. The van der Waals surface area contributed by atoms with Crippen LogP contribution < -0.4 is 15.4 Å². The summed E-state index contributed by atoms with van der Waals surface area (Å²) in [6, 6.07) is 11.8. The molecule has 0 radical (unpaired) electrons. The maximum Gasteiger partial charge on any atom is 0.269 e. The van der Waals surface area contributed by atoms with E-state index in [-0.39, 0.29) is 11.3 Å². The molecule has 1 amide bonds. The number of ether oxygens (including phenoxy) is 1. The van der Waals surface area contributed by atoms with E-state index in [2.05, 4.69) is 50.0 Å². The van der Waals surface area contributed by atoms with E-state index in [4.69, 9.17) is 10.5 Å². The van der Waals surface area contributed by atoms with Gasteiger partial charge >= 0.3 is 0 Å². The molecule has 1 unspecified atom stereocenters. The minimum absolute atomic E-state index is 0.0759. The second-order valence-corrected chi connectivity index (χ2v) is 7.44. The van der Waals surface area contributed by atoms with Gasteiger partial charge in [-0.2, -0.15) is 0 Å². The molecule has 0 saturated heterocycles. The zero-order valence-electron chi connectivity index (χ0n) is 15.2. The van der Waals surface area contributed by atoms with Crippen molar-refractivity contribution < 1.29 is 9.53 Å². The Hall–Kier alpha value is -2.56. The fourth-order valence-electron chi connectivity index (χ4n) is 2.92. The highest BCUT2D eigenvalue weighted by Gasteiger charge is 2.34. The van der Waals surface area contributed by atoms with Gasteiger partial charge in [0, 0.05) is 0 Å². The highest BCUT2D eigenvalue weighted by Crippen LogP contribution is 2.35. The van der Waals surface area contributed by atoms with Crippen molar-refractivity contribution in [3.05, 3.63) is 47.5 Å². The second kappa shape index (κ2) is 6.39. The van der Waals surface area contributed by atoms with E-state index in [9.17, 15) is 4.79 Å². The van der Waals surface area contributed by atoms with Crippen molar-refractivity contribution in [1.82, 2.24) is 4.98 Å². The summed E-state index contributed by atoms with van der Waals surface area (Å²) in [5.74, 6) is 1.40. The van der Waals surface area contributed by atoms with Gasteiger partial charge in [-0.15, -0.1) is 0 Å². The third-order valence-electron chi connectivity index (χ3n) is 4.46. The highest BCUT2D eigenvalue weighted by molar-refractivity contribution is 5.99. The molecular weight excluding hydrogens is 314 g/mol. The van der Waals surface area contributed by atoms with E-state index in [1.54, 1.807) is 17.0 Å². The molecule has 0 fully saturated rings. The molecule has 5 nitrogen and oxygen atoms in total. The van der Waals surface area contributed by atoms with Crippen LogP contribution in [0, 0.1) is 0 Å². The number of hydrogen-bond donors (Lipinski definition) is 1. The van der Waals surface area contributed by atoms with Gasteiger partial charge in [0.15, 0.2) is 17.7 Å². The largest absolute Gasteiger partial charge is 0.477 e. The van der Waals surface area contributed by atoms with Crippen molar-refractivity contribution in [2.45, 2.75) is 52.2 Å². The monoisotopic (exact) mass is 339 g/mol. The molecule has 1 aliphatic rings. The Morgan fingerprint density at radius 1 is 1.16 bits per heavy atom. The van der Waals surface area contributed by atoms with Gasteiger partial charge in [0.05, 0.1) is 6.54 Å². The number of benzene rings is 1. The third-order valence-corrected chi connectivity index (χ3v) is 4.46. The topological polar surface area (TPSA) is 68.5 Å². The van der Waals surface area contributed by atoms with Crippen molar-refractivity contribution in [3.8, 4) is 5.75 Å². The number of rotatable bonds is 3. The van der Waals surface area contributed by atoms with Crippen molar-refractivity contribution in [2.24, 2.45) is 0 Å². The van der Waals surface area contributed by atoms with Crippen LogP contribution in [-0.2, 0) is 16.8 Å². The van der Waals surface area contributed by atoms with E-state index >= 15 is 0 Å². The third kappa shape index (κ3) is 3.45. The number of nitrogens with zero attached hydrogens (tertiary/aromatic N) is 2. The van der Waals surface area contributed by atoms with Crippen molar-refractivity contribution in [3.63, 3.8) is 0 Å². The summed E-state index contributed by atoms with van der Waals surface area (Å²) < 4.78 is 5.77. The summed E-state index contributed by atoms with van der Waals surface area (Å²) >= 11 is 0. The van der Waals surface area contributed by atoms with Crippen molar-refractivity contribution in [1.29, 1.82) is 0 Å². The molecule has 5 heteroatoms. The fourth-order valence-corrected chi connectivity index (χ4v) is 2.92. The molecule has 2 heterocycles. The highest BCUT2D eigenvalue weighted by atomic mass is 16.5. The molecule has 1 aliphatic heterocycles.